The number of para-hydroxylation sites is 1. The van der Waals surface area contributed by atoms with Crippen molar-refractivity contribution in [1.29, 1.82) is 0 Å². The van der Waals surface area contributed by atoms with Crippen LogP contribution in [0.15, 0.2) is 24.3 Å². The van der Waals surface area contributed by atoms with Crippen LogP contribution in [0.4, 0.5) is 0 Å². The van der Waals surface area contributed by atoms with Crippen molar-refractivity contribution in [2.45, 2.75) is 13.3 Å². The lowest BCUT2D eigenvalue weighted by molar-refractivity contribution is 0.953. The summed E-state index contributed by atoms with van der Waals surface area (Å²) in [6.45, 7) is 2.03. The van der Waals surface area contributed by atoms with Gasteiger partial charge in [-0.2, -0.15) is 0 Å². The highest BCUT2D eigenvalue weighted by molar-refractivity contribution is 9.09. The van der Waals surface area contributed by atoms with Gasteiger partial charge < -0.3 is 0 Å². The number of aryl methyl sites for hydroxylation is 2. The first-order valence-electron chi connectivity index (χ1n) is 4.59. The average molecular weight is 251 g/mol. The van der Waals surface area contributed by atoms with E-state index in [9.17, 15) is 0 Å². The van der Waals surface area contributed by atoms with Crippen molar-refractivity contribution in [3.8, 4) is 0 Å². The summed E-state index contributed by atoms with van der Waals surface area (Å²) in [5.74, 6) is 0.915. The number of hydrogen-bond acceptors (Lipinski definition) is 2. The Morgan fingerprint density at radius 2 is 2.00 bits per heavy atom. The Bertz CT molecular complexity index is 454. The summed E-state index contributed by atoms with van der Waals surface area (Å²) < 4.78 is 0. The van der Waals surface area contributed by atoms with Crippen LogP contribution in [0.2, 0.25) is 0 Å². The number of rotatable bonds is 2. The highest BCUT2D eigenvalue weighted by Gasteiger charge is 2.02. The second kappa shape index (κ2) is 4.05. The van der Waals surface area contributed by atoms with Gasteiger partial charge in [0.15, 0.2) is 0 Å². The standard InChI is InChI=1S/C11H11BrN2/c1-8-9-4-2-3-5-10(9)14-11(13-8)6-7-12/h2-5H,6-7H2,1H3. The smallest absolute Gasteiger partial charge is 0.130 e. The summed E-state index contributed by atoms with van der Waals surface area (Å²) in [6, 6.07) is 8.11. The Labute approximate surface area is 91.5 Å². The first-order chi connectivity index (χ1) is 6.81. The van der Waals surface area contributed by atoms with Gasteiger partial charge >= 0.3 is 0 Å². The number of aromatic nitrogens is 2. The van der Waals surface area contributed by atoms with Crippen molar-refractivity contribution in [2.24, 2.45) is 0 Å². The SMILES string of the molecule is Cc1nc(CCBr)nc2ccccc12. The fourth-order valence-corrected chi connectivity index (χ4v) is 1.85. The largest absolute Gasteiger partial charge is 0.238 e. The van der Waals surface area contributed by atoms with Crippen molar-refractivity contribution in [3.05, 3.63) is 35.8 Å². The van der Waals surface area contributed by atoms with Gasteiger partial charge in [-0.05, 0) is 13.0 Å². The molecule has 0 radical (unpaired) electrons. The second-order valence-electron chi connectivity index (χ2n) is 3.18. The number of alkyl halides is 1. The molecule has 0 spiro atoms. The summed E-state index contributed by atoms with van der Waals surface area (Å²) in [5, 5.41) is 2.05. The lowest BCUT2D eigenvalue weighted by Gasteiger charge is -2.03. The van der Waals surface area contributed by atoms with E-state index in [-0.39, 0.29) is 0 Å². The molecule has 2 rings (SSSR count). The molecule has 0 saturated heterocycles. The predicted molar refractivity (Wildman–Crippen MR) is 61.8 cm³/mol. The van der Waals surface area contributed by atoms with Gasteiger partial charge in [0.2, 0.25) is 0 Å². The summed E-state index contributed by atoms with van der Waals surface area (Å²) in [7, 11) is 0. The van der Waals surface area contributed by atoms with Gasteiger partial charge in [0, 0.05) is 22.8 Å². The van der Waals surface area contributed by atoms with E-state index in [4.69, 9.17) is 0 Å². The van der Waals surface area contributed by atoms with Gasteiger partial charge in [0.1, 0.15) is 5.82 Å². The molecule has 0 aliphatic carbocycles. The predicted octanol–water partition coefficient (Wildman–Crippen LogP) is 2.88. The maximum atomic E-state index is 4.48. The molecule has 0 aliphatic rings. The van der Waals surface area contributed by atoms with Gasteiger partial charge in [-0.25, -0.2) is 9.97 Å². The fraction of sp³-hybridized carbons (Fsp3) is 0.273. The van der Waals surface area contributed by atoms with Crippen LogP contribution in [-0.4, -0.2) is 15.3 Å². The van der Waals surface area contributed by atoms with E-state index in [1.165, 1.54) is 0 Å². The molecule has 0 saturated carbocycles. The highest BCUT2D eigenvalue weighted by atomic mass is 79.9. The van der Waals surface area contributed by atoms with Crippen LogP contribution < -0.4 is 0 Å². The zero-order valence-electron chi connectivity index (χ0n) is 8.00. The van der Waals surface area contributed by atoms with E-state index in [0.717, 1.165) is 34.2 Å². The molecule has 1 aromatic carbocycles. The molecule has 72 valence electrons. The van der Waals surface area contributed by atoms with Crippen LogP contribution in [0.5, 0.6) is 0 Å². The third-order valence-corrected chi connectivity index (χ3v) is 2.55. The van der Waals surface area contributed by atoms with Gasteiger partial charge in [0.05, 0.1) is 5.52 Å². The number of halogens is 1. The van der Waals surface area contributed by atoms with Crippen LogP contribution in [0, 0.1) is 6.92 Å². The van der Waals surface area contributed by atoms with Gasteiger partial charge in [-0.1, -0.05) is 34.1 Å². The van der Waals surface area contributed by atoms with E-state index < -0.39 is 0 Å². The first-order valence-corrected chi connectivity index (χ1v) is 5.71. The minimum Gasteiger partial charge on any atom is -0.238 e. The zero-order valence-corrected chi connectivity index (χ0v) is 9.58. The maximum Gasteiger partial charge on any atom is 0.130 e. The molecule has 0 N–H and O–H groups in total. The molecule has 0 bridgehead atoms. The van der Waals surface area contributed by atoms with Crippen molar-refractivity contribution in [2.75, 3.05) is 5.33 Å². The zero-order chi connectivity index (χ0) is 9.97. The molecule has 0 atom stereocenters. The van der Waals surface area contributed by atoms with Crippen LogP contribution in [0.3, 0.4) is 0 Å². The summed E-state index contributed by atoms with van der Waals surface area (Å²) in [5.41, 5.74) is 2.10. The third kappa shape index (κ3) is 1.77. The Balaban J connectivity index is 2.60. The van der Waals surface area contributed by atoms with Crippen LogP contribution in [-0.2, 0) is 6.42 Å². The Morgan fingerprint density at radius 3 is 2.79 bits per heavy atom. The molecular weight excluding hydrogens is 240 g/mol. The Hall–Kier alpha value is -0.960. The monoisotopic (exact) mass is 250 g/mol. The molecule has 0 fully saturated rings. The van der Waals surface area contributed by atoms with Crippen LogP contribution >= 0.6 is 15.9 Å². The molecule has 1 aromatic heterocycles. The molecule has 0 amide bonds. The van der Waals surface area contributed by atoms with E-state index in [2.05, 4.69) is 32.0 Å². The molecular formula is C11H11BrN2. The molecule has 0 unspecified atom stereocenters. The van der Waals surface area contributed by atoms with Crippen molar-refractivity contribution in [1.82, 2.24) is 9.97 Å². The molecule has 3 heteroatoms. The second-order valence-corrected chi connectivity index (χ2v) is 3.97. The van der Waals surface area contributed by atoms with E-state index in [1.807, 2.05) is 25.1 Å². The van der Waals surface area contributed by atoms with E-state index in [1.54, 1.807) is 0 Å². The quantitative estimate of drug-likeness (QED) is 0.767. The van der Waals surface area contributed by atoms with Crippen molar-refractivity contribution < 1.29 is 0 Å². The summed E-state index contributed by atoms with van der Waals surface area (Å²) in [6.07, 6.45) is 0.881. The summed E-state index contributed by atoms with van der Waals surface area (Å²) in [4.78, 5) is 8.93. The van der Waals surface area contributed by atoms with Crippen molar-refractivity contribution in [3.63, 3.8) is 0 Å². The molecule has 0 aliphatic heterocycles. The van der Waals surface area contributed by atoms with Gasteiger partial charge in [0.25, 0.3) is 0 Å². The topological polar surface area (TPSA) is 25.8 Å². The number of fused-ring (bicyclic) bond motifs is 1. The lowest BCUT2D eigenvalue weighted by atomic mass is 10.2. The minimum absolute atomic E-state index is 0.881. The third-order valence-electron chi connectivity index (χ3n) is 2.16. The lowest BCUT2D eigenvalue weighted by Crippen LogP contribution is -1.98. The van der Waals surface area contributed by atoms with Crippen molar-refractivity contribution >= 4 is 26.8 Å². The number of nitrogens with zero attached hydrogens (tertiary/aromatic N) is 2. The minimum atomic E-state index is 0.881. The van der Waals surface area contributed by atoms with Gasteiger partial charge in [-0.3, -0.25) is 0 Å². The van der Waals surface area contributed by atoms with E-state index in [0.29, 0.717) is 0 Å². The highest BCUT2D eigenvalue weighted by Crippen LogP contribution is 2.14. The van der Waals surface area contributed by atoms with Gasteiger partial charge in [-0.15, -0.1) is 0 Å². The van der Waals surface area contributed by atoms with E-state index >= 15 is 0 Å². The maximum absolute atomic E-state index is 4.48. The summed E-state index contributed by atoms with van der Waals surface area (Å²) >= 11 is 3.39. The van der Waals surface area contributed by atoms with Crippen LogP contribution in [0.1, 0.15) is 11.5 Å². The molecule has 1 heterocycles. The molecule has 2 nitrogen and oxygen atoms in total. The number of benzene rings is 1. The Kier molecular flexibility index (Phi) is 2.77. The number of hydrogen-bond donors (Lipinski definition) is 0. The fourth-order valence-electron chi connectivity index (χ4n) is 1.49. The first kappa shape index (κ1) is 9.59. The Morgan fingerprint density at radius 1 is 1.21 bits per heavy atom. The van der Waals surface area contributed by atoms with Crippen LogP contribution in [0.25, 0.3) is 10.9 Å². The molecule has 14 heavy (non-hydrogen) atoms. The normalized spacial score (nSPS) is 10.7. The average Bonchev–Trinajstić information content (AvgIpc) is 2.18. The molecule has 2 aromatic rings.